The Kier molecular flexibility index (Phi) is 5.31. The van der Waals surface area contributed by atoms with Gasteiger partial charge in [-0.15, -0.1) is 0 Å². The third-order valence-corrected chi connectivity index (χ3v) is 3.92. The van der Waals surface area contributed by atoms with E-state index in [2.05, 4.69) is 16.3 Å². The van der Waals surface area contributed by atoms with Crippen molar-refractivity contribution in [3.63, 3.8) is 0 Å². The molecule has 4 nitrogen and oxygen atoms in total. The molecule has 0 atom stereocenters. The molecule has 3 N–H and O–H groups in total. The van der Waals surface area contributed by atoms with E-state index < -0.39 is 0 Å². The Morgan fingerprint density at radius 3 is 2.38 bits per heavy atom. The zero-order valence-electron chi connectivity index (χ0n) is 12.7. The molecule has 0 radical (unpaired) electrons. The third-order valence-electron chi connectivity index (χ3n) is 3.79. The monoisotopic (exact) mass is 305 g/mol. The number of piperidine rings is 1. The highest BCUT2D eigenvalue weighted by atomic mass is 32.1. The number of carbonyl (C=O) groups excluding carboxylic acids is 1. The highest BCUT2D eigenvalue weighted by Gasteiger charge is 2.21. The summed E-state index contributed by atoms with van der Waals surface area (Å²) in [5.41, 5.74) is 8.55. The number of benzene rings is 1. The summed E-state index contributed by atoms with van der Waals surface area (Å²) in [5.74, 6) is 0.0228. The van der Waals surface area contributed by atoms with E-state index in [1.165, 1.54) is 0 Å². The van der Waals surface area contributed by atoms with Crippen LogP contribution in [0, 0.1) is 13.8 Å². The zero-order chi connectivity index (χ0) is 15.4. The van der Waals surface area contributed by atoms with E-state index in [4.69, 9.17) is 18.0 Å². The standard InChI is InChI=1S/C16H23N3OS/c1-11-7-12(2)9-13(8-11)16(20)18-14-3-5-19(6-4-14)10-15(17)21/h7-9,14H,3-6,10H2,1-2H3,(H2,17,21)(H,18,20). The summed E-state index contributed by atoms with van der Waals surface area (Å²) in [5, 5.41) is 3.13. The average Bonchev–Trinajstić information content (AvgIpc) is 2.39. The average molecular weight is 305 g/mol. The van der Waals surface area contributed by atoms with Crippen LogP contribution in [-0.4, -0.2) is 41.5 Å². The molecular formula is C16H23N3OS. The van der Waals surface area contributed by atoms with Gasteiger partial charge in [0.2, 0.25) is 0 Å². The lowest BCUT2D eigenvalue weighted by Gasteiger charge is -2.32. The maximum Gasteiger partial charge on any atom is 0.251 e. The summed E-state index contributed by atoms with van der Waals surface area (Å²) < 4.78 is 0. The van der Waals surface area contributed by atoms with Gasteiger partial charge in [-0.05, 0) is 38.8 Å². The molecule has 1 saturated heterocycles. The number of aryl methyl sites for hydroxylation is 2. The second-order valence-corrected chi connectivity index (χ2v) is 6.39. The Morgan fingerprint density at radius 2 is 1.86 bits per heavy atom. The SMILES string of the molecule is Cc1cc(C)cc(C(=O)NC2CCN(CC(N)=S)CC2)c1. The Hall–Kier alpha value is -1.46. The molecule has 0 spiro atoms. The molecule has 5 heteroatoms. The minimum Gasteiger partial charge on any atom is -0.392 e. The molecule has 1 heterocycles. The van der Waals surface area contributed by atoms with Gasteiger partial charge in [0.25, 0.3) is 5.91 Å². The first-order valence-corrected chi connectivity index (χ1v) is 7.74. The van der Waals surface area contributed by atoms with Crippen LogP contribution >= 0.6 is 12.2 Å². The number of hydrogen-bond donors (Lipinski definition) is 2. The van der Waals surface area contributed by atoms with E-state index >= 15 is 0 Å². The number of nitrogens with one attached hydrogen (secondary N) is 1. The topological polar surface area (TPSA) is 58.4 Å². The fraction of sp³-hybridized carbons (Fsp3) is 0.500. The number of carbonyl (C=O) groups is 1. The van der Waals surface area contributed by atoms with Gasteiger partial charge in [0.05, 0.1) is 4.99 Å². The number of rotatable bonds is 4. The van der Waals surface area contributed by atoms with Crippen molar-refractivity contribution >= 4 is 23.1 Å². The van der Waals surface area contributed by atoms with Crippen molar-refractivity contribution in [3.8, 4) is 0 Å². The molecule has 21 heavy (non-hydrogen) atoms. The van der Waals surface area contributed by atoms with Crippen molar-refractivity contribution in [2.45, 2.75) is 32.7 Å². The first-order chi connectivity index (χ1) is 9.94. The van der Waals surface area contributed by atoms with Gasteiger partial charge in [-0.25, -0.2) is 0 Å². The second kappa shape index (κ2) is 7.00. The first-order valence-electron chi connectivity index (χ1n) is 7.34. The van der Waals surface area contributed by atoms with E-state index in [1.54, 1.807) is 0 Å². The summed E-state index contributed by atoms with van der Waals surface area (Å²) in [4.78, 5) is 15.1. The minimum atomic E-state index is 0.0228. The van der Waals surface area contributed by atoms with Crippen LogP contribution in [0.25, 0.3) is 0 Å². The lowest BCUT2D eigenvalue weighted by atomic mass is 10.0. The molecule has 114 valence electrons. The van der Waals surface area contributed by atoms with Crippen LogP contribution < -0.4 is 11.1 Å². The molecule has 0 saturated carbocycles. The number of nitrogens with zero attached hydrogens (tertiary/aromatic N) is 1. The van der Waals surface area contributed by atoms with Crippen molar-refractivity contribution in [1.82, 2.24) is 10.2 Å². The van der Waals surface area contributed by atoms with Crippen LogP contribution in [0.5, 0.6) is 0 Å². The Labute approximate surface area is 131 Å². The predicted octanol–water partition coefficient (Wildman–Crippen LogP) is 1.78. The summed E-state index contributed by atoms with van der Waals surface area (Å²) in [6, 6.07) is 6.18. The fourth-order valence-corrected chi connectivity index (χ4v) is 3.01. The van der Waals surface area contributed by atoms with E-state index in [1.807, 2.05) is 26.0 Å². The normalized spacial score (nSPS) is 16.7. The van der Waals surface area contributed by atoms with Gasteiger partial charge in [-0.2, -0.15) is 0 Å². The number of thiocarbonyl (C=S) groups is 1. The molecule has 2 rings (SSSR count). The lowest BCUT2D eigenvalue weighted by molar-refractivity contribution is 0.0914. The van der Waals surface area contributed by atoms with Gasteiger partial charge in [0.1, 0.15) is 0 Å². The van der Waals surface area contributed by atoms with Gasteiger partial charge in [-0.3, -0.25) is 9.69 Å². The quantitative estimate of drug-likeness (QED) is 0.833. The molecular weight excluding hydrogens is 282 g/mol. The Bertz CT molecular complexity index is 516. The highest BCUT2D eigenvalue weighted by molar-refractivity contribution is 7.80. The Balaban J connectivity index is 1.88. The van der Waals surface area contributed by atoms with E-state index in [9.17, 15) is 4.79 Å². The molecule has 0 unspecified atom stereocenters. The van der Waals surface area contributed by atoms with E-state index in [0.717, 1.165) is 42.6 Å². The second-order valence-electron chi connectivity index (χ2n) is 5.87. The van der Waals surface area contributed by atoms with E-state index in [-0.39, 0.29) is 11.9 Å². The molecule has 1 aromatic rings. The summed E-state index contributed by atoms with van der Waals surface area (Å²) in [7, 11) is 0. The minimum absolute atomic E-state index is 0.0228. The van der Waals surface area contributed by atoms with Crippen molar-refractivity contribution in [2.24, 2.45) is 5.73 Å². The fourth-order valence-electron chi connectivity index (χ4n) is 2.83. The first kappa shape index (κ1) is 15.9. The van der Waals surface area contributed by atoms with Crippen molar-refractivity contribution in [2.75, 3.05) is 19.6 Å². The van der Waals surface area contributed by atoms with Gasteiger partial charge >= 0.3 is 0 Å². The van der Waals surface area contributed by atoms with Crippen molar-refractivity contribution in [3.05, 3.63) is 34.9 Å². The van der Waals surface area contributed by atoms with Gasteiger partial charge < -0.3 is 11.1 Å². The van der Waals surface area contributed by atoms with Crippen molar-refractivity contribution < 1.29 is 4.79 Å². The molecule has 1 aromatic carbocycles. The molecule has 1 fully saturated rings. The molecule has 1 amide bonds. The van der Waals surface area contributed by atoms with Gasteiger partial charge in [0.15, 0.2) is 0 Å². The van der Waals surface area contributed by atoms with Gasteiger partial charge in [0, 0.05) is 31.2 Å². The smallest absolute Gasteiger partial charge is 0.251 e. The van der Waals surface area contributed by atoms with Crippen LogP contribution in [0.3, 0.4) is 0 Å². The van der Waals surface area contributed by atoms with Crippen LogP contribution in [0.2, 0.25) is 0 Å². The van der Waals surface area contributed by atoms with E-state index in [0.29, 0.717) is 11.5 Å². The highest BCUT2D eigenvalue weighted by Crippen LogP contribution is 2.13. The number of amides is 1. The molecule has 0 aromatic heterocycles. The largest absolute Gasteiger partial charge is 0.392 e. The predicted molar refractivity (Wildman–Crippen MR) is 89.6 cm³/mol. The summed E-state index contributed by atoms with van der Waals surface area (Å²) >= 11 is 4.93. The zero-order valence-corrected chi connectivity index (χ0v) is 13.5. The van der Waals surface area contributed by atoms with Crippen LogP contribution in [0.4, 0.5) is 0 Å². The maximum atomic E-state index is 12.3. The summed E-state index contributed by atoms with van der Waals surface area (Å²) in [6.07, 6.45) is 1.89. The van der Waals surface area contributed by atoms with Crippen molar-refractivity contribution in [1.29, 1.82) is 0 Å². The molecule has 1 aliphatic heterocycles. The molecule has 0 aliphatic carbocycles. The van der Waals surface area contributed by atoms with Gasteiger partial charge in [-0.1, -0.05) is 29.4 Å². The third kappa shape index (κ3) is 4.79. The van der Waals surface area contributed by atoms with Crippen LogP contribution in [0.1, 0.15) is 34.3 Å². The maximum absolute atomic E-state index is 12.3. The number of likely N-dealkylation sites (tertiary alicyclic amines) is 1. The number of hydrogen-bond acceptors (Lipinski definition) is 3. The van der Waals surface area contributed by atoms with Crippen LogP contribution in [-0.2, 0) is 0 Å². The Morgan fingerprint density at radius 1 is 1.29 bits per heavy atom. The summed E-state index contributed by atoms with van der Waals surface area (Å²) in [6.45, 7) is 6.55. The molecule has 1 aliphatic rings. The number of nitrogens with two attached hydrogens (primary N) is 1. The molecule has 0 bridgehead atoms. The van der Waals surface area contributed by atoms with Crippen LogP contribution in [0.15, 0.2) is 18.2 Å². The lowest BCUT2D eigenvalue weighted by Crippen LogP contribution is -2.46.